The molecular weight excluding hydrogens is 268 g/mol. The van der Waals surface area contributed by atoms with E-state index < -0.39 is 11.9 Å². The second kappa shape index (κ2) is 4.92. The maximum Gasteiger partial charge on any atom is 0.359 e. The van der Waals surface area contributed by atoms with Gasteiger partial charge in [-0.05, 0) is 0 Å². The highest BCUT2D eigenvalue weighted by molar-refractivity contribution is 9.08. The first-order chi connectivity index (χ1) is 7.13. The zero-order valence-electron chi connectivity index (χ0n) is 8.17. The minimum absolute atomic E-state index is 0.00111. The predicted molar refractivity (Wildman–Crippen MR) is 53.9 cm³/mol. The van der Waals surface area contributed by atoms with Crippen LogP contribution in [0.1, 0.15) is 26.8 Å². The van der Waals surface area contributed by atoms with Crippen molar-refractivity contribution in [3.63, 3.8) is 0 Å². The number of H-pyrrole nitrogens is 1. The number of alkyl halides is 1. The summed E-state index contributed by atoms with van der Waals surface area (Å²) in [5.74, 6) is -0.884. The Morgan fingerprint density at radius 2 is 1.93 bits per heavy atom. The molecule has 0 aliphatic rings. The second-order valence-corrected chi connectivity index (χ2v) is 3.08. The molecule has 1 aromatic rings. The summed E-state index contributed by atoms with van der Waals surface area (Å²) in [5.41, 5.74) is -0.0717. The number of nitrogens with one attached hydrogen (secondary N) is 1. The molecule has 0 radical (unpaired) electrons. The van der Waals surface area contributed by atoms with E-state index in [1.807, 2.05) is 0 Å². The van der Waals surface area contributed by atoms with Crippen molar-refractivity contribution in [1.29, 1.82) is 0 Å². The number of aromatic nitrogens is 2. The number of carbonyl (C=O) groups excluding carboxylic acids is 2. The molecule has 0 bridgehead atoms. The fourth-order valence-electron chi connectivity index (χ4n) is 0.980. The van der Waals surface area contributed by atoms with Gasteiger partial charge in [0.2, 0.25) is 0 Å². The van der Waals surface area contributed by atoms with Crippen molar-refractivity contribution in [1.82, 2.24) is 9.97 Å². The van der Waals surface area contributed by atoms with E-state index in [-0.39, 0.29) is 11.4 Å². The van der Waals surface area contributed by atoms with Gasteiger partial charge in [0.05, 0.1) is 19.5 Å². The minimum Gasteiger partial charge on any atom is -0.464 e. The Morgan fingerprint density at radius 1 is 1.33 bits per heavy atom. The van der Waals surface area contributed by atoms with Crippen LogP contribution in [0, 0.1) is 0 Å². The zero-order chi connectivity index (χ0) is 11.4. The Hall–Kier alpha value is -1.37. The standard InChI is InChI=1S/C8H9BrN2O4/c1-14-7(12)5-6(8(13)15-2)11-4(3-9)10-5/h3H2,1-2H3,(H,10,11). The highest BCUT2D eigenvalue weighted by Crippen LogP contribution is 2.11. The van der Waals surface area contributed by atoms with Gasteiger partial charge in [-0.25, -0.2) is 14.6 Å². The minimum atomic E-state index is -0.682. The van der Waals surface area contributed by atoms with Crippen molar-refractivity contribution in [3.8, 4) is 0 Å². The second-order valence-electron chi connectivity index (χ2n) is 2.52. The van der Waals surface area contributed by atoms with Gasteiger partial charge >= 0.3 is 11.9 Å². The number of aromatic amines is 1. The highest BCUT2D eigenvalue weighted by Gasteiger charge is 2.23. The quantitative estimate of drug-likeness (QED) is 0.655. The fourth-order valence-corrected chi connectivity index (χ4v) is 1.25. The van der Waals surface area contributed by atoms with Crippen LogP contribution in [0.4, 0.5) is 0 Å². The van der Waals surface area contributed by atoms with Gasteiger partial charge in [-0.2, -0.15) is 0 Å². The van der Waals surface area contributed by atoms with Gasteiger partial charge in [-0.15, -0.1) is 0 Å². The van der Waals surface area contributed by atoms with E-state index in [9.17, 15) is 9.59 Å². The maximum absolute atomic E-state index is 11.3. The summed E-state index contributed by atoms with van der Waals surface area (Å²) in [4.78, 5) is 29.1. The number of ether oxygens (including phenoxy) is 2. The van der Waals surface area contributed by atoms with Gasteiger partial charge in [0.25, 0.3) is 0 Å². The van der Waals surface area contributed by atoms with E-state index in [0.29, 0.717) is 11.2 Å². The normalized spacial score (nSPS) is 9.80. The summed E-state index contributed by atoms with van der Waals surface area (Å²) in [5, 5.41) is 0.397. The number of hydrogen-bond donors (Lipinski definition) is 1. The molecule has 1 aromatic heterocycles. The van der Waals surface area contributed by atoms with Gasteiger partial charge < -0.3 is 14.5 Å². The number of rotatable bonds is 3. The summed E-state index contributed by atoms with van der Waals surface area (Å²) in [6.45, 7) is 0. The number of hydrogen-bond acceptors (Lipinski definition) is 5. The molecule has 1 heterocycles. The smallest absolute Gasteiger partial charge is 0.359 e. The van der Waals surface area contributed by atoms with Crippen molar-refractivity contribution in [3.05, 3.63) is 17.2 Å². The summed E-state index contributed by atoms with van der Waals surface area (Å²) >= 11 is 3.15. The zero-order valence-corrected chi connectivity index (χ0v) is 9.75. The van der Waals surface area contributed by atoms with Crippen LogP contribution in [0.5, 0.6) is 0 Å². The molecule has 0 aliphatic carbocycles. The first-order valence-electron chi connectivity index (χ1n) is 3.95. The van der Waals surface area contributed by atoms with Crippen molar-refractivity contribution in [2.45, 2.75) is 5.33 Å². The lowest BCUT2D eigenvalue weighted by atomic mass is 10.3. The van der Waals surface area contributed by atoms with Crippen LogP contribution >= 0.6 is 15.9 Å². The topological polar surface area (TPSA) is 81.3 Å². The lowest BCUT2D eigenvalue weighted by molar-refractivity contribution is 0.0548. The Labute approximate surface area is 94.1 Å². The SMILES string of the molecule is COC(=O)c1nc(CBr)[nH]c1C(=O)OC. The van der Waals surface area contributed by atoms with E-state index in [1.165, 1.54) is 14.2 Å². The number of carbonyl (C=O) groups is 2. The highest BCUT2D eigenvalue weighted by atomic mass is 79.9. The lowest BCUT2D eigenvalue weighted by Crippen LogP contribution is -2.11. The Balaban J connectivity index is 3.17. The van der Waals surface area contributed by atoms with E-state index in [1.54, 1.807) is 0 Å². The third kappa shape index (κ3) is 2.35. The average Bonchev–Trinajstić information content (AvgIpc) is 2.70. The lowest BCUT2D eigenvalue weighted by Gasteiger charge is -1.97. The van der Waals surface area contributed by atoms with Crippen LogP contribution in [0.2, 0.25) is 0 Å². The van der Waals surface area contributed by atoms with Crippen molar-refractivity contribution < 1.29 is 19.1 Å². The summed E-state index contributed by atoms with van der Waals surface area (Å²) in [7, 11) is 2.43. The molecule has 0 atom stereocenters. The molecule has 15 heavy (non-hydrogen) atoms. The van der Waals surface area contributed by atoms with Crippen LogP contribution in [-0.2, 0) is 14.8 Å². The summed E-state index contributed by atoms with van der Waals surface area (Å²) in [6.07, 6.45) is 0. The molecule has 1 N–H and O–H groups in total. The largest absolute Gasteiger partial charge is 0.464 e. The van der Waals surface area contributed by atoms with Gasteiger partial charge in [0.1, 0.15) is 5.82 Å². The van der Waals surface area contributed by atoms with Crippen LogP contribution in [0.15, 0.2) is 0 Å². The number of methoxy groups -OCH3 is 2. The van der Waals surface area contributed by atoms with E-state index in [2.05, 4.69) is 35.4 Å². The van der Waals surface area contributed by atoms with Gasteiger partial charge in [0.15, 0.2) is 11.4 Å². The molecule has 0 saturated carbocycles. The molecule has 0 unspecified atom stereocenters. The van der Waals surface area contributed by atoms with Crippen LogP contribution < -0.4 is 0 Å². The number of nitrogens with zero attached hydrogens (tertiary/aromatic N) is 1. The molecule has 0 aromatic carbocycles. The third-order valence-corrected chi connectivity index (χ3v) is 2.18. The number of imidazole rings is 1. The monoisotopic (exact) mass is 276 g/mol. The molecule has 0 saturated heterocycles. The molecule has 0 spiro atoms. The summed E-state index contributed by atoms with van der Waals surface area (Å²) < 4.78 is 8.98. The Morgan fingerprint density at radius 3 is 2.40 bits per heavy atom. The first-order valence-corrected chi connectivity index (χ1v) is 5.07. The van der Waals surface area contributed by atoms with Crippen molar-refractivity contribution in [2.24, 2.45) is 0 Å². The Kier molecular flexibility index (Phi) is 3.84. The van der Waals surface area contributed by atoms with E-state index >= 15 is 0 Å². The van der Waals surface area contributed by atoms with Crippen LogP contribution in [0.25, 0.3) is 0 Å². The molecule has 6 nitrogen and oxygen atoms in total. The van der Waals surface area contributed by atoms with Gasteiger partial charge in [0, 0.05) is 0 Å². The molecule has 7 heteroatoms. The van der Waals surface area contributed by atoms with Gasteiger partial charge in [-0.3, -0.25) is 0 Å². The van der Waals surface area contributed by atoms with E-state index in [4.69, 9.17) is 0 Å². The maximum atomic E-state index is 11.3. The third-order valence-electron chi connectivity index (χ3n) is 1.65. The number of halogens is 1. The van der Waals surface area contributed by atoms with Crippen LogP contribution in [-0.4, -0.2) is 36.1 Å². The first kappa shape index (κ1) is 11.7. The molecule has 0 aliphatic heterocycles. The van der Waals surface area contributed by atoms with Crippen molar-refractivity contribution >= 4 is 27.9 Å². The molecule has 82 valence electrons. The molecule has 0 amide bonds. The summed E-state index contributed by atoms with van der Waals surface area (Å²) in [6, 6.07) is 0. The molecule has 0 fully saturated rings. The number of esters is 2. The van der Waals surface area contributed by atoms with E-state index in [0.717, 1.165) is 0 Å². The van der Waals surface area contributed by atoms with Crippen molar-refractivity contribution in [2.75, 3.05) is 14.2 Å². The molecular formula is C8H9BrN2O4. The Bertz CT molecular complexity index is 354. The predicted octanol–water partition coefficient (Wildman–Crippen LogP) is 0.878. The van der Waals surface area contributed by atoms with Gasteiger partial charge in [-0.1, -0.05) is 15.9 Å². The fraction of sp³-hybridized carbons (Fsp3) is 0.375. The van der Waals surface area contributed by atoms with Crippen LogP contribution in [0.3, 0.4) is 0 Å². The molecule has 1 rings (SSSR count). The average molecular weight is 277 g/mol.